The van der Waals surface area contributed by atoms with E-state index in [9.17, 15) is 0 Å². The number of likely N-dealkylation sites (N-methyl/N-ethyl adjacent to an activating group) is 1. The third-order valence-corrected chi connectivity index (χ3v) is 5.53. The quantitative estimate of drug-likeness (QED) is 0.251. The lowest BCUT2D eigenvalue weighted by molar-refractivity contribution is 0.191. The fourth-order valence-electron chi connectivity index (χ4n) is 3.85. The molecule has 5 nitrogen and oxygen atoms in total. The molecule has 2 aliphatic rings. The molecule has 0 amide bonds. The number of aliphatic imine (C=N–C) groups is 1. The highest BCUT2D eigenvalue weighted by molar-refractivity contribution is 14.0. The lowest BCUT2D eigenvalue weighted by atomic mass is 9.99. The molecule has 0 aromatic heterocycles. The molecule has 1 unspecified atom stereocenters. The molecule has 2 saturated heterocycles. The van der Waals surface area contributed by atoms with Crippen molar-refractivity contribution in [3.63, 3.8) is 0 Å². The van der Waals surface area contributed by atoms with Crippen LogP contribution in [-0.2, 0) is 0 Å². The molecular weight excluding hydrogens is 425 g/mol. The van der Waals surface area contributed by atoms with Crippen molar-refractivity contribution in [1.29, 1.82) is 0 Å². The molecule has 0 aliphatic carbocycles. The summed E-state index contributed by atoms with van der Waals surface area (Å²) in [5.74, 6) is 1.91. The highest BCUT2D eigenvalue weighted by Crippen LogP contribution is 2.17. The zero-order valence-corrected chi connectivity index (χ0v) is 18.9. The second kappa shape index (κ2) is 13.1. The lowest BCUT2D eigenvalue weighted by Gasteiger charge is -2.30. The number of nitrogens with zero attached hydrogens (tertiary/aromatic N) is 3. The van der Waals surface area contributed by atoms with E-state index in [0.717, 1.165) is 38.1 Å². The molecule has 148 valence electrons. The van der Waals surface area contributed by atoms with Crippen LogP contribution in [0.1, 0.15) is 52.9 Å². The van der Waals surface area contributed by atoms with Crippen LogP contribution >= 0.6 is 24.0 Å². The minimum absolute atomic E-state index is 0. The van der Waals surface area contributed by atoms with Gasteiger partial charge < -0.3 is 15.5 Å². The molecule has 0 radical (unpaired) electrons. The van der Waals surface area contributed by atoms with Gasteiger partial charge in [-0.15, -0.1) is 24.0 Å². The molecule has 6 heteroatoms. The van der Waals surface area contributed by atoms with Crippen LogP contribution in [0.5, 0.6) is 0 Å². The van der Waals surface area contributed by atoms with Crippen molar-refractivity contribution >= 4 is 29.9 Å². The Bertz CT molecular complexity index is 369. The maximum absolute atomic E-state index is 4.83. The molecule has 1 atom stereocenters. The van der Waals surface area contributed by atoms with Crippen LogP contribution < -0.4 is 10.6 Å². The molecule has 2 N–H and O–H groups in total. The SMILES string of the molecule is CCNC(=NCC1CCCN1CC)NCCCN1CCC(C)CC1.I. The Morgan fingerprint density at radius 2 is 1.84 bits per heavy atom. The van der Waals surface area contributed by atoms with E-state index in [2.05, 4.69) is 41.2 Å². The van der Waals surface area contributed by atoms with Gasteiger partial charge >= 0.3 is 0 Å². The summed E-state index contributed by atoms with van der Waals surface area (Å²) >= 11 is 0. The second-order valence-corrected chi connectivity index (χ2v) is 7.45. The topological polar surface area (TPSA) is 42.9 Å². The van der Waals surface area contributed by atoms with E-state index in [1.807, 2.05) is 0 Å². The Balaban J connectivity index is 0.00000312. The van der Waals surface area contributed by atoms with E-state index in [1.54, 1.807) is 0 Å². The maximum Gasteiger partial charge on any atom is 0.191 e. The van der Waals surface area contributed by atoms with Gasteiger partial charge in [-0.2, -0.15) is 0 Å². The molecule has 25 heavy (non-hydrogen) atoms. The number of guanidine groups is 1. The summed E-state index contributed by atoms with van der Waals surface area (Å²) in [5.41, 5.74) is 0. The van der Waals surface area contributed by atoms with Crippen molar-refractivity contribution in [2.24, 2.45) is 10.9 Å². The molecular formula is C19H40IN5. The van der Waals surface area contributed by atoms with Gasteiger partial charge in [0.05, 0.1) is 6.54 Å². The second-order valence-electron chi connectivity index (χ2n) is 7.45. The summed E-state index contributed by atoms with van der Waals surface area (Å²) in [5, 5.41) is 6.91. The van der Waals surface area contributed by atoms with E-state index in [0.29, 0.717) is 6.04 Å². The van der Waals surface area contributed by atoms with Gasteiger partial charge in [0.1, 0.15) is 0 Å². The summed E-state index contributed by atoms with van der Waals surface area (Å²) in [6.07, 6.45) is 6.56. The van der Waals surface area contributed by atoms with Crippen LogP contribution in [0.15, 0.2) is 4.99 Å². The summed E-state index contributed by atoms with van der Waals surface area (Å²) in [4.78, 5) is 10.0. The zero-order valence-electron chi connectivity index (χ0n) is 16.6. The first kappa shape index (κ1) is 23.0. The van der Waals surface area contributed by atoms with Gasteiger partial charge in [0.25, 0.3) is 0 Å². The third-order valence-electron chi connectivity index (χ3n) is 5.53. The molecule has 2 rings (SSSR count). The van der Waals surface area contributed by atoms with Crippen LogP contribution in [0, 0.1) is 5.92 Å². The van der Waals surface area contributed by atoms with Crippen molar-refractivity contribution in [1.82, 2.24) is 20.4 Å². The first-order valence-electron chi connectivity index (χ1n) is 10.2. The number of nitrogens with one attached hydrogen (secondary N) is 2. The highest BCUT2D eigenvalue weighted by atomic mass is 127. The largest absolute Gasteiger partial charge is 0.357 e. The van der Waals surface area contributed by atoms with Gasteiger partial charge in [-0.1, -0.05) is 13.8 Å². The summed E-state index contributed by atoms with van der Waals surface area (Å²) < 4.78 is 0. The van der Waals surface area contributed by atoms with Crippen LogP contribution in [0.3, 0.4) is 0 Å². The Hall–Kier alpha value is -0.0800. The van der Waals surface area contributed by atoms with Gasteiger partial charge in [-0.3, -0.25) is 9.89 Å². The smallest absolute Gasteiger partial charge is 0.191 e. The molecule has 0 bridgehead atoms. The fourth-order valence-corrected chi connectivity index (χ4v) is 3.85. The Morgan fingerprint density at radius 3 is 2.52 bits per heavy atom. The average molecular weight is 465 g/mol. The van der Waals surface area contributed by atoms with Crippen molar-refractivity contribution in [3.8, 4) is 0 Å². The molecule has 0 spiro atoms. The molecule has 0 aromatic rings. The van der Waals surface area contributed by atoms with E-state index in [-0.39, 0.29) is 24.0 Å². The molecule has 2 heterocycles. The van der Waals surface area contributed by atoms with Crippen molar-refractivity contribution < 1.29 is 0 Å². The lowest BCUT2D eigenvalue weighted by Crippen LogP contribution is -2.41. The van der Waals surface area contributed by atoms with E-state index >= 15 is 0 Å². The summed E-state index contributed by atoms with van der Waals surface area (Å²) in [6.45, 7) is 15.8. The third kappa shape index (κ3) is 8.43. The van der Waals surface area contributed by atoms with Crippen LogP contribution in [0.25, 0.3) is 0 Å². The first-order valence-corrected chi connectivity index (χ1v) is 10.2. The van der Waals surface area contributed by atoms with Crippen molar-refractivity contribution in [2.75, 3.05) is 52.4 Å². The van der Waals surface area contributed by atoms with E-state index < -0.39 is 0 Å². The predicted octanol–water partition coefficient (Wildman–Crippen LogP) is 2.77. The fraction of sp³-hybridized carbons (Fsp3) is 0.947. The van der Waals surface area contributed by atoms with Gasteiger partial charge in [0.15, 0.2) is 5.96 Å². The minimum atomic E-state index is 0. The molecule has 2 aliphatic heterocycles. The monoisotopic (exact) mass is 465 g/mol. The Labute approximate surface area is 172 Å². The minimum Gasteiger partial charge on any atom is -0.357 e. The average Bonchev–Trinajstić information content (AvgIpc) is 3.05. The normalized spacial score (nSPS) is 23.5. The van der Waals surface area contributed by atoms with E-state index in [1.165, 1.54) is 58.3 Å². The number of hydrogen-bond acceptors (Lipinski definition) is 3. The standard InChI is InChI=1S/C19H39N5.HI/c1-4-20-19(22-16-18-8-6-13-24(18)5-2)21-11-7-12-23-14-9-17(3)10-15-23;/h17-18H,4-16H2,1-3H3,(H2,20,21,22);1H. The number of halogens is 1. The van der Waals surface area contributed by atoms with Crippen LogP contribution in [-0.4, -0.2) is 74.2 Å². The number of hydrogen-bond donors (Lipinski definition) is 2. The zero-order chi connectivity index (χ0) is 17.2. The molecule has 0 aromatic carbocycles. The van der Waals surface area contributed by atoms with Gasteiger partial charge in [-0.25, -0.2) is 0 Å². The van der Waals surface area contributed by atoms with Gasteiger partial charge in [0.2, 0.25) is 0 Å². The van der Waals surface area contributed by atoms with Crippen LogP contribution in [0.2, 0.25) is 0 Å². The van der Waals surface area contributed by atoms with Crippen molar-refractivity contribution in [3.05, 3.63) is 0 Å². The number of piperidine rings is 1. The summed E-state index contributed by atoms with van der Waals surface area (Å²) in [7, 11) is 0. The Morgan fingerprint density at radius 1 is 1.08 bits per heavy atom. The van der Waals surface area contributed by atoms with Gasteiger partial charge in [0, 0.05) is 19.1 Å². The van der Waals surface area contributed by atoms with Crippen molar-refractivity contribution in [2.45, 2.75) is 58.9 Å². The number of likely N-dealkylation sites (tertiary alicyclic amines) is 2. The highest BCUT2D eigenvalue weighted by Gasteiger charge is 2.22. The first-order chi connectivity index (χ1) is 11.7. The van der Waals surface area contributed by atoms with Crippen LogP contribution in [0.4, 0.5) is 0 Å². The molecule has 0 saturated carbocycles. The predicted molar refractivity (Wildman–Crippen MR) is 119 cm³/mol. The molecule has 2 fully saturated rings. The summed E-state index contributed by atoms with van der Waals surface area (Å²) in [6, 6.07) is 0.640. The number of rotatable bonds is 8. The van der Waals surface area contributed by atoms with Gasteiger partial charge in [-0.05, 0) is 77.7 Å². The van der Waals surface area contributed by atoms with E-state index in [4.69, 9.17) is 4.99 Å². The Kier molecular flexibility index (Phi) is 12.1. The maximum atomic E-state index is 4.83.